The summed E-state index contributed by atoms with van der Waals surface area (Å²) in [7, 11) is 0. The highest BCUT2D eigenvalue weighted by molar-refractivity contribution is 7.99. The molecule has 0 radical (unpaired) electrons. The Morgan fingerprint density at radius 2 is 2.30 bits per heavy atom. The first-order valence-electron chi connectivity index (χ1n) is 6.36. The predicted molar refractivity (Wildman–Crippen MR) is 75.7 cm³/mol. The Morgan fingerprint density at radius 3 is 2.95 bits per heavy atom. The van der Waals surface area contributed by atoms with Gasteiger partial charge in [0.1, 0.15) is 5.82 Å². The number of aryl methyl sites for hydroxylation is 1. The zero-order valence-corrected chi connectivity index (χ0v) is 12.0. The van der Waals surface area contributed by atoms with Crippen LogP contribution in [0.4, 0.5) is 0 Å². The van der Waals surface area contributed by atoms with Crippen LogP contribution in [0, 0.1) is 0 Å². The average Bonchev–Trinajstić information content (AvgIpc) is 2.81. The van der Waals surface area contributed by atoms with Crippen LogP contribution in [-0.4, -0.2) is 36.6 Å². The first kappa shape index (κ1) is 14.5. The molecule has 0 aliphatic carbocycles. The molecular weight excluding hydrogens is 276 g/mol. The Kier molecular flexibility index (Phi) is 5.11. The molecule has 0 aliphatic heterocycles. The second-order valence-electron chi connectivity index (χ2n) is 4.28. The first-order valence-corrected chi connectivity index (χ1v) is 7.34. The van der Waals surface area contributed by atoms with Gasteiger partial charge in [-0.1, -0.05) is 24.8 Å². The molecule has 0 amide bonds. The van der Waals surface area contributed by atoms with E-state index in [-0.39, 0.29) is 5.75 Å². The minimum atomic E-state index is -0.858. The van der Waals surface area contributed by atoms with Gasteiger partial charge in [-0.3, -0.25) is 9.78 Å². The highest BCUT2D eigenvalue weighted by Crippen LogP contribution is 2.19. The van der Waals surface area contributed by atoms with E-state index in [1.165, 1.54) is 11.8 Å². The molecule has 7 heteroatoms. The van der Waals surface area contributed by atoms with Gasteiger partial charge >= 0.3 is 5.97 Å². The molecule has 0 aromatic carbocycles. The summed E-state index contributed by atoms with van der Waals surface area (Å²) >= 11 is 1.19. The minimum Gasteiger partial charge on any atom is -0.481 e. The van der Waals surface area contributed by atoms with E-state index in [0.717, 1.165) is 24.2 Å². The van der Waals surface area contributed by atoms with Crippen LogP contribution >= 0.6 is 11.8 Å². The van der Waals surface area contributed by atoms with Gasteiger partial charge in [0.15, 0.2) is 5.16 Å². The van der Waals surface area contributed by atoms with Gasteiger partial charge in [-0.25, -0.2) is 0 Å². The Balaban J connectivity index is 2.22. The molecule has 0 aliphatic rings. The van der Waals surface area contributed by atoms with Crippen LogP contribution in [-0.2, 0) is 17.8 Å². The Labute approximate surface area is 121 Å². The summed E-state index contributed by atoms with van der Waals surface area (Å²) in [4.78, 5) is 14.8. The number of hydrogen-bond donors (Lipinski definition) is 1. The van der Waals surface area contributed by atoms with Crippen molar-refractivity contribution in [3.8, 4) is 0 Å². The Morgan fingerprint density at radius 1 is 1.45 bits per heavy atom. The lowest BCUT2D eigenvalue weighted by atomic mass is 10.2. The van der Waals surface area contributed by atoms with Gasteiger partial charge in [-0.15, -0.1) is 10.2 Å². The number of carbonyl (C=O) groups is 1. The van der Waals surface area contributed by atoms with Crippen LogP contribution in [0.25, 0.3) is 0 Å². The standard InChI is InChI=1S/C13H16N4O2S/c1-2-4-11-15-16-13(20-9-12(18)19)17(11)8-10-5-3-6-14-7-10/h3,5-7H,2,4,8-9H2,1H3,(H,18,19). The fourth-order valence-electron chi connectivity index (χ4n) is 1.79. The molecule has 0 fully saturated rings. The van der Waals surface area contributed by atoms with Crippen molar-refractivity contribution in [1.29, 1.82) is 0 Å². The molecule has 0 bridgehead atoms. The summed E-state index contributed by atoms with van der Waals surface area (Å²) in [5, 5.41) is 17.7. The molecule has 6 nitrogen and oxygen atoms in total. The van der Waals surface area contributed by atoms with E-state index in [9.17, 15) is 4.79 Å². The monoisotopic (exact) mass is 292 g/mol. The zero-order chi connectivity index (χ0) is 14.4. The minimum absolute atomic E-state index is 0.0166. The molecular formula is C13H16N4O2S. The van der Waals surface area contributed by atoms with Gasteiger partial charge in [0.05, 0.1) is 12.3 Å². The largest absolute Gasteiger partial charge is 0.481 e. The van der Waals surface area contributed by atoms with E-state index in [2.05, 4.69) is 22.1 Å². The molecule has 0 spiro atoms. The summed E-state index contributed by atoms with van der Waals surface area (Å²) in [6, 6.07) is 3.86. The van der Waals surface area contributed by atoms with E-state index >= 15 is 0 Å². The molecule has 20 heavy (non-hydrogen) atoms. The number of rotatable bonds is 7. The van der Waals surface area contributed by atoms with E-state index in [1.807, 2.05) is 16.7 Å². The molecule has 106 valence electrons. The summed E-state index contributed by atoms with van der Waals surface area (Å²) in [5.41, 5.74) is 1.04. The molecule has 0 atom stereocenters. The lowest BCUT2D eigenvalue weighted by Gasteiger charge is -2.09. The lowest BCUT2D eigenvalue weighted by Crippen LogP contribution is -2.08. The van der Waals surface area contributed by atoms with Gasteiger partial charge in [0.25, 0.3) is 0 Å². The number of pyridine rings is 1. The van der Waals surface area contributed by atoms with Gasteiger partial charge in [-0.2, -0.15) is 0 Å². The second-order valence-corrected chi connectivity index (χ2v) is 5.22. The van der Waals surface area contributed by atoms with Crippen molar-refractivity contribution >= 4 is 17.7 Å². The van der Waals surface area contributed by atoms with E-state index in [4.69, 9.17) is 5.11 Å². The van der Waals surface area contributed by atoms with Crippen molar-refractivity contribution < 1.29 is 9.90 Å². The van der Waals surface area contributed by atoms with Crippen molar-refractivity contribution in [3.05, 3.63) is 35.9 Å². The smallest absolute Gasteiger partial charge is 0.313 e. The molecule has 0 saturated heterocycles. The summed E-state index contributed by atoms with van der Waals surface area (Å²) < 4.78 is 1.97. The number of nitrogens with zero attached hydrogens (tertiary/aromatic N) is 4. The first-order chi connectivity index (χ1) is 9.70. The molecule has 1 N–H and O–H groups in total. The second kappa shape index (κ2) is 7.04. The SMILES string of the molecule is CCCc1nnc(SCC(=O)O)n1Cc1cccnc1. The third-order valence-electron chi connectivity index (χ3n) is 2.66. The summed E-state index contributed by atoms with van der Waals surface area (Å²) in [5.74, 6) is 0.00400. The van der Waals surface area contributed by atoms with Crippen molar-refractivity contribution in [2.75, 3.05) is 5.75 Å². The van der Waals surface area contributed by atoms with Crippen LogP contribution < -0.4 is 0 Å². The van der Waals surface area contributed by atoms with Gasteiger partial charge in [0, 0.05) is 18.8 Å². The molecule has 2 aromatic rings. The van der Waals surface area contributed by atoms with Crippen LogP contribution in [0.3, 0.4) is 0 Å². The molecule has 2 aromatic heterocycles. The van der Waals surface area contributed by atoms with Crippen LogP contribution in [0.2, 0.25) is 0 Å². The van der Waals surface area contributed by atoms with Crippen LogP contribution in [0.1, 0.15) is 24.7 Å². The third kappa shape index (κ3) is 3.80. The van der Waals surface area contributed by atoms with Crippen molar-refractivity contribution in [2.24, 2.45) is 0 Å². The van der Waals surface area contributed by atoms with Crippen LogP contribution in [0.15, 0.2) is 29.7 Å². The zero-order valence-electron chi connectivity index (χ0n) is 11.2. The third-order valence-corrected chi connectivity index (χ3v) is 3.61. The molecule has 0 unspecified atom stereocenters. The topological polar surface area (TPSA) is 80.9 Å². The summed E-state index contributed by atoms with van der Waals surface area (Å²) in [6.07, 6.45) is 5.31. The number of carboxylic acid groups (broad SMARTS) is 1. The van der Waals surface area contributed by atoms with E-state index in [1.54, 1.807) is 12.4 Å². The maximum absolute atomic E-state index is 10.7. The number of thioether (sulfide) groups is 1. The number of carboxylic acids is 1. The average molecular weight is 292 g/mol. The number of aliphatic carboxylic acids is 1. The van der Waals surface area contributed by atoms with Gasteiger partial charge < -0.3 is 9.67 Å². The maximum atomic E-state index is 10.7. The quantitative estimate of drug-likeness (QED) is 0.784. The Bertz CT molecular complexity index is 571. The van der Waals surface area contributed by atoms with Crippen molar-refractivity contribution in [1.82, 2.24) is 19.7 Å². The van der Waals surface area contributed by atoms with E-state index in [0.29, 0.717) is 11.7 Å². The van der Waals surface area contributed by atoms with E-state index < -0.39 is 5.97 Å². The molecule has 2 rings (SSSR count). The lowest BCUT2D eigenvalue weighted by molar-refractivity contribution is -0.133. The summed E-state index contributed by atoms with van der Waals surface area (Å²) in [6.45, 7) is 2.69. The highest BCUT2D eigenvalue weighted by atomic mass is 32.2. The normalized spacial score (nSPS) is 10.7. The highest BCUT2D eigenvalue weighted by Gasteiger charge is 2.13. The number of aromatic nitrogens is 4. The Hall–Kier alpha value is -1.89. The fourth-order valence-corrected chi connectivity index (χ4v) is 2.47. The van der Waals surface area contributed by atoms with Crippen molar-refractivity contribution in [2.45, 2.75) is 31.5 Å². The predicted octanol–water partition coefficient (Wildman–Crippen LogP) is 1.85. The fraction of sp³-hybridized carbons (Fsp3) is 0.385. The maximum Gasteiger partial charge on any atom is 0.313 e. The van der Waals surface area contributed by atoms with Crippen LogP contribution in [0.5, 0.6) is 0 Å². The van der Waals surface area contributed by atoms with Gasteiger partial charge in [-0.05, 0) is 18.1 Å². The van der Waals surface area contributed by atoms with Gasteiger partial charge in [0.2, 0.25) is 0 Å². The van der Waals surface area contributed by atoms with Crippen molar-refractivity contribution in [3.63, 3.8) is 0 Å². The molecule has 2 heterocycles. The molecule has 0 saturated carbocycles. The number of hydrogen-bond acceptors (Lipinski definition) is 5.